The molecule has 6 nitrogen and oxygen atoms in total. The van der Waals surface area contributed by atoms with Crippen molar-refractivity contribution in [1.29, 1.82) is 0 Å². The molecule has 0 unspecified atom stereocenters. The Morgan fingerprint density at radius 2 is 1.90 bits per heavy atom. The van der Waals surface area contributed by atoms with Gasteiger partial charge in [0.15, 0.2) is 0 Å². The van der Waals surface area contributed by atoms with Gasteiger partial charge in [0.1, 0.15) is 0 Å². The van der Waals surface area contributed by atoms with E-state index in [-0.39, 0.29) is 23.1 Å². The van der Waals surface area contributed by atoms with Gasteiger partial charge in [0.2, 0.25) is 11.8 Å². The van der Waals surface area contributed by atoms with Crippen LogP contribution in [0.4, 0.5) is 5.95 Å². The van der Waals surface area contributed by atoms with Crippen molar-refractivity contribution in [2.45, 2.75) is 32.7 Å². The van der Waals surface area contributed by atoms with Gasteiger partial charge in [0.25, 0.3) is 5.91 Å². The molecular formula is C15H21N5O. The fourth-order valence-corrected chi connectivity index (χ4v) is 2.01. The smallest absolute Gasteiger partial charge is 0.291 e. The van der Waals surface area contributed by atoms with Crippen molar-refractivity contribution in [3.05, 3.63) is 41.2 Å². The molecule has 2 aromatic rings. The number of nitrogens with one attached hydrogen (secondary N) is 1. The molecular weight excluding hydrogens is 266 g/mol. The van der Waals surface area contributed by atoms with Crippen molar-refractivity contribution >= 4 is 11.9 Å². The van der Waals surface area contributed by atoms with Crippen LogP contribution in [-0.2, 0) is 12.0 Å². The molecule has 3 N–H and O–H groups in total. The van der Waals surface area contributed by atoms with E-state index in [0.29, 0.717) is 6.54 Å². The van der Waals surface area contributed by atoms with Gasteiger partial charge in [-0.1, -0.05) is 45.0 Å². The Morgan fingerprint density at radius 1 is 1.29 bits per heavy atom. The molecule has 1 aromatic carbocycles. The number of anilines is 1. The van der Waals surface area contributed by atoms with E-state index in [1.54, 1.807) is 11.9 Å². The zero-order chi connectivity index (χ0) is 15.6. The minimum Gasteiger partial charge on any atom is -0.366 e. The average molecular weight is 287 g/mol. The highest BCUT2D eigenvalue weighted by Gasteiger charge is 2.17. The van der Waals surface area contributed by atoms with Gasteiger partial charge < -0.3 is 10.6 Å². The lowest BCUT2D eigenvalue weighted by atomic mass is 9.87. The summed E-state index contributed by atoms with van der Waals surface area (Å²) in [6.07, 6.45) is 0. The lowest BCUT2D eigenvalue weighted by Crippen LogP contribution is -2.27. The Labute approximate surface area is 124 Å². The Hall–Kier alpha value is -2.37. The first-order chi connectivity index (χ1) is 9.77. The number of carbonyl (C=O) groups excluding carboxylic acids is 1. The number of amides is 1. The molecule has 0 aliphatic rings. The van der Waals surface area contributed by atoms with Crippen LogP contribution in [0, 0.1) is 0 Å². The Kier molecular flexibility index (Phi) is 3.97. The number of rotatable bonds is 3. The van der Waals surface area contributed by atoms with Gasteiger partial charge in [0.05, 0.1) is 0 Å². The topological polar surface area (TPSA) is 87.9 Å². The number of nitrogens with two attached hydrogens (primary N) is 1. The molecule has 1 amide bonds. The van der Waals surface area contributed by atoms with Gasteiger partial charge in [-0.25, -0.2) is 0 Å². The van der Waals surface area contributed by atoms with Crippen molar-refractivity contribution in [1.82, 2.24) is 20.1 Å². The number of nitrogens with zero attached hydrogens (tertiary/aromatic N) is 3. The second-order valence-electron chi connectivity index (χ2n) is 6.15. The van der Waals surface area contributed by atoms with E-state index in [1.165, 1.54) is 5.56 Å². The number of hydrogen-bond acceptors (Lipinski definition) is 4. The average Bonchev–Trinajstić information content (AvgIpc) is 2.84. The SMILES string of the molecule is CN(Cc1ccc(C(C)(C)C)cc1)C(=O)c1nc(N)n[nH]1. The lowest BCUT2D eigenvalue weighted by Gasteiger charge is -2.20. The van der Waals surface area contributed by atoms with Crippen molar-refractivity contribution in [2.24, 2.45) is 0 Å². The van der Waals surface area contributed by atoms with Gasteiger partial charge in [-0.3, -0.25) is 9.89 Å². The summed E-state index contributed by atoms with van der Waals surface area (Å²) in [5.74, 6) is -0.0123. The Bertz CT molecular complexity index is 624. The minimum atomic E-state index is -0.237. The number of carbonyl (C=O) groups is 1. The molecule has 0 bridgehead atoms. The first-order valence-corrected chi connectivity index (χ1v) is 6.80. The van der Waals surface area contributed by atoms with Gasteiger partial charge in [-0.05, 0) is 16.5 Å². The van der Waals surface area contributed by atoms with E-state index in [4.69, 9.17) is 5.73 Å². The van der Waals surface area contributed by atoms with Crippen LogP contribution in [0.3, 0.4) is 0 Å². The molecule has 6 heteroatoms. The fraction of sp³-hybridized carbons (Fsp3) is 0.400. The van der Waals surface area contributed by atoms with E-state index >= 15 is 0 Å². The third kappa shape index (κ3) is 3.59. The van der Waals surface area contributed by atoms with Crippen LogP contribution in [0.5, 0.6) is 0 Å². The molecule has 0 aliphatic heterocycles. The van der Waals surface area contributed by atoms with Crippen LogP contribution < -0.4 is 5.73 Å². The molecule has 2 rings (SSSR count). The molecule has 1 aromatic heterocycles. The van der Waals surface area contributed by atoms with Gasteiger partial charge in [-0.15, -0.1) is 5.10 Å². The number of hydrogen-bond donors (Lipinski definition) is 2. The highest BCUT2D eigenvalue weighted by atomic mass is 16.2. The largest absolute Gasteiger partial charge is 0.366 e. The maximum absolute atomic E-state index is 12.1. The van der Waals surface area contributed by atoms with Crippen LogP contribution in [0.15, 0.2) is 24.3 Å². The third-order valence-electron chi connectivity index (χ3n) is 3.29. The third-order valence-corrected chi connectivity index (χ3v) is 3.29. The number of aromatic nitrogens is 3. The maximum atomic E-state index is 12.1. The zero-order valence-electron chi connectivity index (χ0n) is 12.8. The summed E-state index contributed by atoms with van der Waals surface area (Å²) in [5, 5.41) is 6.18. The van der Waals surface area contributed by atoms with Crippen LogP contribution in [0.25, 0.3) is 0 Å². The Morgan fingerprint density at radius 3 is 2.38 bits per heavy atom. The highest BCUT2D eigenvalue weighted by molar-refractivity contribution is 5.90. The molecule has 0 atom stereocenters. The van der Waals surface area contributed by atoms with Crippen molar-refractivity contribution < 1.29 is 4.79 Å². The summed E-state index contributed by atoms with van der Waals surface area (Å²) in [5.41, 5.74) is 7.85. The first kappa shape index (κ1) is 15.0. The van der Waals surface area contributed by atoms with Crippen LogP contribution >= 0.6 is 0 Å². The number of aromatic amines is 1. The number of nitrogen functional groups attached to an aromatic ring is 1. The highest BCUT2D eigenvalue weighted by Crippen LogP contribution is 2.22. The van der Waals surface area contributed by atoms with E-state index in [0.717, 1.165) is 5.56 Å². The minimum absolute atomic E-state index is 0.0706. The summed E-state index contributed by atoms with van der Waals surface area (Å²) < 4.78 is 0. The van der Waals surface area contributed by atoms with E-state index in [2.05, 4.69) is 48.1 Å². The molecule has 0 saturated carbocycles. The number of benzene rings is 1. The van der Waals surface area contributed by atoms with Crippen LogP contribution in [0.2, 0.25) is 0 Å². The van der Waals surface area contributed by atoms with Crippen LogP contribution in [-0.4, -0.2) is 33.0 Å². The first-order valence-electron chi connectivity index (χ1n) is 6.80. The van der Waals surface area contributed by atoms with Crippen molar-refractivity contribution in [2.75, 3.05) is 12.8 Å². The summed E-state index contributed by atoms with van der Waals surface area (Å²) >= 11 is 0. The van der Waals surface area contributed by atoms with E-state index in [9.17, 15) is 4.79 Å². The standard InChI is InChI=1S/C15H21N5O/c1-15(2,3)11-7-5-10(6-8-11)9-20(4)13(21)12-17-14(16)19-18-12/h5-8H,9H2,1-4H3,(H3,16,17,18,19). The molecule has 112 valence electrons. The number of H-pyrrole nitrogens is 1. The molecule has 0 saturated heterocycles. The molecule has 0 aliphatic carbocycles. The molecule has 0 fully saturated rings. The maximum Gasteiger partial charge on any atom is 0.291 e. The molecule has 21 heavy (non-hydrogen) atoms. The summed E-state index contributed by atoms with van der Waals surface area (Å²) in [7, 11) is 1.72. The summed E-state index contributed by atoms with van der Waals surface area (Å²) in [6.45, 7) is 7.02. The second kappa shape index (κ2) is 5.55. The Balaban J connectivity index is 2.06. The molecule has 0 spiro atoms. The monoisotopic (exact) mass is 287 g/mol. The predicted octanol–water partition coefficient (Wildman–Crippen LogP) is 1.96. The van der Waals surface area contributed by atoms with E-state index in [1.807, 2.05) is 12.1 Å². The van der Waals surface area contributed by atoms with Crippen molar-refractivity contribution in [3.8, 4) is 0 Å². The van der Waals surface area contributed by atoms with Gasteiger partial charge >= 0.3 is 0 Å². The molecule has 0 radical (unpaired) electrons. The lowest BCUT2D eigenvalue weighted by molar-refractivity contribution is 0.0773. The molecule has 1 heterocycles. The van der Waals surface area contributed by atoms with Crippen LogP contribution in [0.1, 0.15) is 42.5 Å². The summed E-state index contributed by atoms with van der Waals surface area (Å²) in [6, 6.07) is 8.28. The zero-order valence-corrected chi connectivity index (χ0v) is 12.8. The second-order valence-corrected chi connectivity index (χ2v) is 6.15. The van der Waals surface area contributed by atoms with Gasteiger partial charge in [0, 0.05) is 13.6 Å². The fourth-order valence-electron chi connectivity index (χ4n) is 2.01. The van der Waals surface area contributed by atoms with Crippen molar-refractivity contribution in [3.63, 3.8) is 0 Å². The normalized spacial score (nSPS) is 11.4. The quantitative estimate of drug-likeness (QED) is 0.903. The summed E-state index contributed by atoms with van der Waals surface area (Å²) in [4.78, 5) is 17.5. The predicted molar refractivity (Wildman–Crippen MR) is 81.7 cm³/mol. The van der Waals surface area contributed by atoms with Gasteiger partial charge in [-0.2, -0.15) is 4.98 Å². The van der Waals surface area contributed by atoms with E-state index < -0.39 is 0 Å².